The minimum atomic E-state index is 0.0319. The molecule has 3 atom stereocenters. The van der Waals surface area contributed by atoms with Gasteiger partial charge in [-0.1, -0.05) is 11.6 Å². The highest BCUT2D eigenvalue weighted by atomic mass is 79.9. The molecule has 0 saturated carbocycles. The Morgan fingerprint density at radius 2 is 2.32 bits per heavy atom. The molecule has 3 rings (SSSR count). The van der Waals surface area contributed by atoms with Gasteiger partial charge in [-0.2, -0.15) is 0 Å². The quantitative estimate of drug-likeness (QED) is 0.886. The Hall–Kier alpha value is -0.290. The summed E-state index contributed by atoms with van der Waals surface area (Å²) in [6, 6.07) is 6.03. The fourth-order valence-electron chi connectivity index (χ4n) is 3.39. The number of nitrogens with zero attached hydrogens (tertiary/aromatic N) is 1. The van der Waals surface area contributed by atoms with Gasteiger partial charge >= 0.3 is 0 Å². The number of piperidine rings is 1. The lowest BCUT2D eigenvalue weighted by atomic mass is 9.78. The van der Waals surface area contributed by atoms with Gasteiger partial charge in [0.25, 0.3) is 0 Å². The highest BCUT2D eigenvalue weighted by Gasteiger charge is 2.45. The second-order valence-corrected chi connectivity index (χ2v) is 6.91. The minimum absolute atomic E-state index is 0.0319. The summed E-state index contributed by atoms with van der Waals surface area (Å²) < 4.78 is 0.928. The molecule has 0 amide bonds. The normalized spacial score (nSPS) is 33.4. The number of nitrogens with one attached hydrogen (secondary N) is 1. The summed E-state index contributed by atoms with van der Waals surface area (Å²) in [5.41, 5.74) is 7.22. The fourth-order valence-corrected chi connectivity index (χ4v) is 3.82. The number of fused-ring (bicyclic) bond motifs is 2. The predicted molar refractivity (Wildman–Crippen MR) is 83.7 cm³/mol. The largest absolute Gasteiger partial charge is 0.378 e. The van der Waals surface area contributed by atoms with Crippen LogP contribution in [-0.4, -0.2) is 36.6 Å². The molecular weight excluding hydrogens is 326 g/mol. The van der Waals surface area contributed by atoms with Crippen LogP contribution in [0.3, 0.4) is 0 Å². The molecule has 1 aromatic carbocycles. The van der Waals surface area contributed by atoms with E-state index in [0.29, 0.717) is 12.5 Å². The zero-order valence-corrected chi connectivity index (χ0v) is 13.2. The molecule has 2 aliphatic heterocycles. The van der Waals surface area contributed by atoms with Gasteiger partial charge in [0, 0.05) is 29.8 Å². The highest BCUT2D eigenvalue weighted by molar-refractivity contribution is 9.10. The standard InChI is InChI=1S/C14H19BrClN3/c15-12-2-1-11(7-13(12)16)18-14(9-17)4-6-19-5-3-10(14)8-19/h1-2,7,10,18H,3-6,8-9,17H2. The Morgan fingerprint density at radius 1 is 1.47 bits per heavy atom. The second kappa shape index (κ2) is 5.24. The van der Waals surface area contributed by atoms with Crippen molar-refractivity contribution in [1.82, 2.24) is 4.90 Å². The summed E-state index contributed by atoms with van der Waals surface area (Å²) in [4.78, 5) is 2.54. The first-order valence-corrected chi connectivity index (χ1v) is 7.96. The molecular formula is C14H19BrClN3. The molecule has 2 heterocycles. The zero-order valence-electron chi connectivity index (χ0n) is 10.8. The van der Waals surface area contributed by atoms with Crippen molar-refractivity contribution >= 4 is 33.2 Å². The first-order valence-electron chi connectivity index (χ1n) is 6.79. The molecule has 2 bridgehead atoms. The van der Waals surface area contributed by atoms with Crippen LogP contribution in [0.4, 0.5) is 5.69 Å². The average molecular weight is 345 g/mol. The molecule has 5 heteroatoms. The third kappa shape index (κ3) is 2.51. The lowest BCUT2D eigenvalue weighted by Gasteiger charge is -2.43. The van der Waals surface area contributed by atoms with Crippen molar-refractivity contribution in [2.75, 3.05) is 31.5 Å². The Balaban J connectivity index is 1.84. The van der Waals surface area contributed by atoms with E-state index in [1.165, 1.54) is 19.5 Å². The molecule has 0 spiro atoms. The van der Waals surface area contributed by atoms with Crippen molar-refractivity contribution in [2.24, 2.45) is 11.7 Å². The van der Waals surface area contributed by atoms with Crippen LogP contribution in [0.25, 0.3) is 0 Å². The van der Waals surface area contributed by atoms with Gasteiger partial charge in [0.05, 0.1) is 10.6 Å². The van der Waals surface area contributed by atoms with Gasteiger partial charge in [-0.3, -0.25) is 0 Å². The van der Waals surface area contributed by atoms with Crippen molar-refractivity contribution in [3.05, 3.63) is 27.7 Å². The minimum Gasteiger partial charge on any atom is -0.378 e. The fraction of sp³-hybridized carbons (Fsp3) is 0.571. The van der Waals surface area contributed by atoms with Crippen LogP contribution in [0, 0.1) is 5.92 Å². The van der Waals surface area contributed by atoms with Crippen molar-refractivity contribution in [3.63, 3.8) is 0 Å². The van der Waals surface area contributed by atoms with Crippen LogP contribution in [0.2, 0.25) is 5.02 Å². The van der Waals surface area contributed by atoms with E-state index >= 15 is 0 Å². The number of hydrogen-bond acceptors (Lipinski definition) is 3. The summed E-state index contributed by atoms with van der Waals surface area (Å²) >= 11 is 9.60. The summed E-state index contributed by atoms with van der Waals surface area (Å²) in [7, 11) is 0. The van der Waals surface area contributed by atoms with Crippen molar-refractivity contribution in [2.45, 2.75) is 18.4 Å². The molecule has 2 aliphatic rings. The average Bonchev–Trinajstić information content (AvgIpc) is 2.82. The lowest BCUT2D eigenvalue weighted by Crippen LogP contribution is -2.56. The molecule has 2 fully saturated rings. The number of anilines is 1. The number of nitrogens with two attached hydrogens (primary N) is 1. The van der Waals surface area contributed by atoms with E-state index in [1.807, 2.05) is 12.1 Å². The lowest BCUT2D eigenvalue weighted by molar-refractivity contribution is 0.190. The van der Waals surface area contributed by atoms with Crippen molar-refractivity contribution in [1.29, 1.82) is 0 Å². The van der Waals surface area contributed by atoms with Crippen LogP contribution < -0.4 is 11.1 Å². The van der Waals surface area contributed by atoms with E-state index in [4.69, 9.17) is 17.3 Å². The Bertz CT molecular complexity index is 482. The molecule has 3 nitrogen and oxygen atoms in total. The van der Waals surface area contributed by atoms with E-state index in [0.717, 1.165) is 28.1 Å². The Labute approximate surface area is 127 Å². The molecule has 0 aromatic heterocycles. The van der Waals surface area contributed by atoms with Gasteiger partial charge < -0.3 is 16.0 Å². The van der Waals surface area contributed by atoms with Gasteiger partial charge in [-0.05, 0) is 59.4 Å². The van der Waals surface area contributed by atoms with E-state index in [-0.39, 0.29) is 5.54 Å². The van der Waals surface area contributed by atoms with E-state index in [2.05, 4.69) is 32.2 Å². The summed E-state index contributed by atoms with van der Waals surface area (Å²) in [6.07, 6.45) is 2.36. The number of benzene rings is 1. The maximum Gasteiger partial charge on any atom is 0.0568 e. The molecule has 0 aliphatic carbocycles. The van der Waals surface area contributed by atoms with Crippen LogP contribution in [0.5, 0.6) is 0 Å². The Morgan fingerprint density at radius 3 is 3.05 bits per heavy atom. The molecule has 1 aromatic rings. The van der Waals surface area contributed by atoms with Gasteiger partial charge in [-0.15, -0.1) is 0 Å². The van der Waals surface area contributed by atoms with E-state index < -0.39 is 0 Å². The van der Waals surface area contributed by atoms with Crippen molar-refractivity contribution in [3.8, 4) is 0 Å². The maximum absolute atomic E-state index is 6.17. The third-order valence-electron chi connectivity index (χ3n) is 4.61. The number of hydrogen-bond donors (Lipinski definition) is 2. The third-order valence-corrected chi connectivity index (χ3v) is 5.84. The number of halogens is 2. The number of rotatable bonds is 3. The van der Waals surface area contributed by atoms with Crippen LogP contribution in [0.15, 0.2) is 22.7 Å². The zero-order chi connectivity index (χ0) is 13.5. The van der Waals surface area contributed by atoms with Crippen LogP contribution in [-0.2, 0) is 0 Å². The smallest absolute Gasteiger partial charge is 0.0568 e. The van der Waals surface area contributed by atoms with Crippen LogP contribution in [0.1, 0.15) is 12.8 Å². The van der Waals surface area contributed by atoms with Crippen molar-refractivity contribution < 1.29 is 0 Å². The summed E-state index contributed by atoms with van der Waals surface area (Å²) in [6.45, 7) is 4.22. The second-order valence-electron chi connectivity index (χ2n) is 5.65. The summed E-state index contributed by atoms with van der Waals surface area (Å²) in [5.74, 6) is 0.647. The topological polar surface area (TPSA) is 41.3 Å². The van der Waals surface area contributed by atoms with E-state index in [9.17, 15) is 0 Å². The van der Waals surface area contributed by atoms with Gasteiger partial charge in [0.2, 0.25) is 0 Å². The van der Waals surface area contributed by atoms with Crippen LogP contribution >= 0.6 is 27.5 Å². The van der Waals surface area contributed by atoms with Gasteiger partial charge in [0.1, 0.15) is 0 Å². The van der Waals surface area contributed by atoms with E-state index in [1.54, 1.807) is 0 Å². The molecule has 0 radical (unpaired) electrons. The molecule has 104 valence electrons. The Kier molecular flexibility index (Phi) is 3.78. The molecule has 3 unspecified atom stereocenters. The predicted octanol–water partition coefficient (Wildman–Crippen LogP) is 2.94. The maximum atomic E-state index is 6.17. The molecule has 3 N–H and O–H groups in total. The first-order chi connectivity index (χ1) is 9.13. The van der Waals surface area contributed by atoms with Gasteiger partial charge in [0.15, 0.2) is 0 Å². The highest BCUT2D eigenvalue weighted by Crippen LogP contribution is 2.38. The molecule has 19 heavy (non-hydrogen) atoms. The van der Waals surface area contributed by atoms with Gasteiger partial charge in [-0.25, -0.2) is 0 Å². The first kappa shape index (κ1) is 13.7. The summed E-state index contributed by atoms with van der Waals surface area (Å²) in [5, 5.41) is 4.42. The monoisotopic (exact) mass is 343 g/mol. The SMILES string of the molecule is NCC1(Nc2ccc(Br)c(Cl)c2)CCN2CCC1C2. The molecule has 2 saturated heterocycles.